The molecule has 9 nitrogen and oxygen atoms in total. The average molecular weight is 517 g/mol. The average Bonchev–Trinajstić information content (AvgIpc) is 3.39. The molecule has 0 bridgehead atoms. The molecule has 0 saturated carbocycles. The van der Waals surface area contributed by atoms with Gasteiger partial charge in [0.05, 0.1) is 12.8 Å². The van der Waals surface area contributed by atoms with Crippen LogP contribution in [-0.2, 0) is 22.7 Å². The van der Waals surface area contributed by atoms with Crippen LogP contribution in [-0.4, -0.2) is 45.2 Å². The van der Waals surface area contributed by atoms with E-state index in [0.717, 1.165) is 15.9 Å². The van der Waals surface area contributed by atoms with Crippen molar-refractivity contribution in [3.63, 3.8) is 0 Å². The largest absolute Gasteiger partial charge is 0.495 e. The molecule has 0 fully saturated rings. The molecule has 196 valence electrons. The Bertz CT molecular complexity index is 1390. The third kappa shape index (κ3) is 6.20. The van der Waals surface area contributed by atoms with Crippen molar-refractivity contribution in [2.45, 2.75) is 39.4 Å². The second-order valence-corrected chi connectivity index (χ2v) is 8.72. The fourth-order valence-electron chi connectivity index (χ4n) is 4.07. The summed E-state index contributed by atoms with van der Waals surface area (Å²) >= 11 is 0. The first-order valence-corrected chi connectivity index (χ1v) is 12.2. The molecule has 0 aliphatic rings. The van der Waals surface area contributed by atoms with Gasteiger partial charge in [-0.05, 0) is 66.1 Å². The van der Waals surface area contributed by atoms with Gasteiger partial charge in [0, 0.05) is 12.1 Å². The minimum atomic E-state index is -0.818. The normalized spacial score (nSPS) is 11.6. The molecule has 0 radical (unpaired) electrons. The summed E-state index contributed by atoms with van der Waals surface area (Å²) in [4.78, 5) is 29.8. The zero-order valence-corrected chi connectivity index (χ0v) is 21.5. The van der Waals surface area contributed by atoms with Crippen molar-refractivity contribution in [3.8, 4) is 17.1 Å². The van der Waals surface area contributed by atoms with Crippen molar-refractivity contribution in [1.29, 1.82) is 0 Å². The first kappa shape index (κ1) is 26.5. The number of aryl methyl sites for hydroxylation is 1. The number of nitrogens with one attached hydrogen (secondary N) is 1. The first-order valence-electron chi connectivity index (χ1n) is 12.2. The van der Waals surface area contributed by atoms with E-state index in [1.807, 2.05) is 56.3 Å². The molecule has 0 spiro atoms. The summed E-state index contributed by atoms with van der Waals surface area (Å²) < 4.78 is 18.8. The SMILES string of the molecule is CCC(C(=O)NCc1ccccc1)N(C(=O)Cn1nnc(-c2ccc(F)cc2)n1)c1cc(C)ccc1OC. The fourth-order valence-corrected chi connectivity index (χ4v) is 4.07. The smallest absolute Gasteiger partial charge is 0.251 e. The lowest BCUT2D eigenvalue weighted by molar-refractivity contribution is -0.127. The molecule has 2 amide bonds. The molecule has 4 rings (SSSR count). The second-order valence-electron chi connectivity index (χ2n) is 8.72. The molecule has 3 aromatic carbocycles. The highest BCUT2D eigenvalue weighted by atomic mass is 19.1. The highest BCUT2D eigenvalue weighted by Gasteiger charge is 2.32. The molecule has 0 aliphatic heterocycles. The summed E-state index contributed by atoms with van der Waals surface area (Å²) in [6.45, 7) is 3.80. The minimum Gasteiger partial charge on any atom is -0.495 e. The van der Waals surface area contributed by atoms with Gasteiger partial charge >= 0.3 is 0 Å². The Kier molecular flexibility index (Phi) is 8.42. The third-order valence-electron chi connectivity index (χ3n) is 6.01. The Balaban J connectivity index is 1.62. The van der Waals surface area contributed by atoms with Crippen LogP contribution in [0.2, 0.25) is 0 Å². The monoisotopic (exact) mass is 516 g/mol. The van der Waals surface area contributed by atoms with E-state index in [9.17, 15) is 14.0 Å². The quantitative estimate of drug-likeness (QED) is 0.343. The van der Waals surface area contributed by atoms with Gasteiger partial charge in [-0.1, -0.05) is 43.3 Å². The van der Waals surface area contributed by atoms with Gasteiger partial charge in [-0.15, -0.1) is 10.2 Å². The van der Waals surface area contributed by atoms with Gasteiger partial charge in [-0.25, -0.2) is 4.39 Å². The van der Waals surface area contributed by atoms with Crippen LogP contribution in [0.1, 0.15) is 24.5 Å². The Morgan fingerprint density at radius 1 is 1.08 bits per heavy atom. The minimum absolute atomic E-state index is 0.255. The molecule has 10 heteroatoms. The number of aromatic nitrogens is 4. The molecule has 4 aromatic rings. The topological polar surface area (TPSA) is 102 Å². The number of methoxy groups -OCH3 is 1. The summed E-state index contributed by atoms with van der Waals surface area (Å²) in [7, 11) is 1.52. The van der Waals surface area contributed by atoms with E-state index in [-0.39, 0.29) is 24.1 Å². The molecule has 38 heavy (non-hydrogen) atoms. The summed E-state index contributed by atoms with van der Waals surface area (Å²) in [5, 5.41) is 15.2. The number of benzene rings is 3. The van der Waals surface area contributed by atoms with Gasteiger partial charge < -0.3 is 10.1 Å². The molecule has 1 atom stereocenters. The van der Waals surface area contributed by atoms with E-state index in [2.05, 4.69) is 20.7 Å². The molecule has 0 saturated heterocycles. The van der Waals surface area contributed by atoms with E-state index < -0.39 is 11.9 Å². The number of halogens is 1. The molecule has 1 N–H and O–H groups in total. The van der Waals surface area contributed by atoms with Gasteiger partial charge in [-0.2, -0.15) is 4.80 Å². The number of ether oxygens (including phenoxy) is 1. The number of hydrogen-bond donors (Lipinski definition) is 1. The van der Waals surface area contributed by atoms with E-state index in [4.69, 9.17) is 4.74 Å². The molecule has 1 unspecified atom stereocenters. The third-order valence-corrected chi connectivity index (χ3v) is 6.01. The number of anilines is 1. The Morgan fingerprint density at radius 3 is 2.50 bits per heavy atom. The maximum Gasteiger partial charge on any atom is 0.251 e. The van der Waals surface area contributed by atoms with E-state index in [1.54, 1.807) is 6.07 Å². The van der Waals surface area contributed by atoms with Crippen molar-refractivity contribution in [3.05, 3.63) is 89.7 Å². The number of tetrazole rings is 1. The van der Waals surface area contributed by atoms with Crippen LogP contribution in [0, 0.1) is 12.7 Å². The molecular weight excluding hydrogens is 487 g/mol. The predicted molar refractivity (Wildman–Crippen MR) is 141 cm³/mol. The van der Waals surface area contributed by atoms with Gasteiger partial charge in [0.2, 0.25) is 11.7 Å². The molecule has 0 aliphatic carbocycles. The standard InChI is InChI=1S/C28H29FN6O3/c1-4-23(28(37)30-17-20-8-6-5-7-9-20)35(24-16-19(2)10-15-25(24)38-3)26(36)18-34-32-27(31-33-34)21-11-13-22(29)14-12-21/h5-16,23H,4,17-18H2,1-3H3,(H,30,37). The van der Waals surface area contributed by atoms with E-state index in [1.165, 1.54) is 36.3 Å². The van der Waals surface area contributed by atoms with Gasteiger partial charge in [0.1, 0.15) is 24.2 Å². The number of nitrogens with zero attached hydrogens (tertiary/aromatic N) is 5. The summed E-state index contributed by atoms with van der Waals surface area (Å²) in [6, 6.07) is 19.8. The van der Waals surface area contributed by atoms with Crippen molar-refractivity contribution < 1.29 is 18.7 Å². The van der Waals surface area contributed by atoms with Crippen molar-refractivity contribution >= 4 is 17.5 Å². The lowest BCUT2D eigenvalue weighted by Crippen LogP contribution is -2.50. The number of hydrogen-bond acceptors (Lipinski definition) is 6. The number of carbonyl (C=O) groups excluding carboxylic acids is 2. The maximum absolute atomic E-state index is 13.8. The maximum atomic E-state index is 13.8. The van der Waals surface area contributed by atoms with Crippen LogP contribution in [0.5, 0.6) is 5.75 Å². The van der Waals surface area contributed by atoms with Gasteiger partial charge in [0.15, 0.2) is 0 Å². The number of carbonyl (C=O) groups is 2. The molecule has 1 aromatic heterocycles. The summed E-state index contributed by atoms with van der Waals surface area (Å²) in [6.07, 6.45) is 0.356. The van der Waals surface area contributed by atoms with Crippen LogP contribution in [0.4, 0.5) is 10.1 Å². The van der Waals surface area contributed by atoms with E-state index >= 15 is 0 Å². The summed E-state index contributed by atoms with van der Waals surface area (Å²) in [5.74, 6) is -0.386. The second kappa shape index (κ2) is 12.1. The van der Waals surface area contributed by atoms with Crippen molar-refractivity contribution in [1.82, 2.24) is 25.5 Å². The lowest BCUT2D eigenvalue weighted by Gasteiger charge is -2.31. The van der Waals surface area contributed by atoms with Crippen LogP contribution in [0.25, 0.3) is 11.4 Å². The van der Waals surface area contributed by atoms with Crippen LogP contribution in [0.15, 0.2) is 72.8 Å². The Hall–Kier alpha value is -4.60. The Morgan fingerprint density at radius 2 is 1.82 bits per heavy atom. The Labute approximate surface area is 220 Å². The molecule has 1 heterocycles. The predicted octanol–water partition coefficient (Wildman–Crippen LogP) is 3.92. The molecular formula is C28H29FN6O3. The highest BCUT2D eigenvalue weighted by Crippen LogP contribution is 2.32. The fraction of sp³-hybridized carbons (Fsp3) is 0.250. The first-order chi connectivity index (χ1) is 18.4. The van der Waals surface area contributed by atoms with Crippen LogP contribution < -0.4 is 15.0 Å². The van der Waals surface area contributed by atoms with Gasteiger partial charge in [-0.3, -0.25) is 14.5 Å². The number of amides is 2. The summed E-state index contributed by atoms with van der Waals surface area (Å²) in [5.41, 5.74) is 2.88. The van der Waals surface area contributed by atoms with Gasteiger partial charge in [0.25, 0.3) is 5.91 Å². The van der Waals surface area contributed by atoms with Crippen molar-refractivity contribution in [2.24, 2.45) is 0 Å². The highest BCUT2D eigenvalue weighted by molar-refractivity contribution is 6.01. The zero-order valence-electron chi connectivity index (χ0n) is 21.5. The van der Waals surface area contributed by atoms with Crippen LogP contribution in [0.3, 0.4) is 0 Å². The lowest BCUT2D eigenvalue weighted by atomic mass is 10.1. The zero-order chi connectivity index (χ0) is 27.1. The van der Waals surface area contributed by atoms with E-state index in [0.29, 0.717) is 30.0 Å². The van der Waals surface area contributed by atoms with Crippen molar-refractivity contribution in [2.75, 3.05) is 12.0 Å². The number of rotatable bonds is 10. The van der Waals surface area contributed by atoms with Crippen LogP contribution >= 0.6 is 0 Å².